The fraction of sp³-hybridized carbons (Fsp3) is 0.250. The Morgan fingerprint density at radius 3 is 2.72 bits per heavy atom. The first kappa shape index (κ1) is 17.7. The van der Waals surface area contributed by atoms with Gasteiger partial charge in [0, 0.05) is 35.7 Å². The second-order valence-electron chi connectivity index (χ2n) is 5.88. The van der Waals surface area contributed by atoms with Crippen molar-refractivity contribution in [3.63, 3.8) is 0 Å². The van der Waals surface area contributed by atoms with E-state index in [-0.39, 0.29) is 17.0 Å². The molecule has 0 unspecified atom stereocenters. The standard InChI is InChI=1S/C20H19F2NOS/c21-16-7-8-18(22)17(14-16)19-10-11-23(12-13-25-19)20(24)9-6-15-4-2-1-3-5-15/h1-9,14,19H,10-13H2/b9-6+/t19-/m0/s1. The van der Waals surface area contributed by atoms with Crippen LogP contribution in [0, 0.1) is 11.6 Å². The molecule has 0 aromatic heterocycles. The highest BCUT2D eigenvalue weighted by molar-refractivity contribution is 7.99. The Labute approximate surface area is 150 Å². The molecule has 5 heteroatoms. The molecule has 0 radical (unpaired) electrons. The molecule has 1 heterocycles. The van der Waals surface area contributed by atoms with Crippen molar-refractivity contribution in [3.05, 3.63) is 77.4 Å². The lowest BCUT2D eigenvalue weighted by Gasteiger charge is -2.18. The van der Waals surface area contributed by atoms with E-state index in [4.69, 9.17) is 0 Å². The predicted molar refractivity (Wildman–Crippen MR) is 98.2 cm³/mol. The van der Waals surface area contributed by atoms with Crippen molar-refractivity contribution in [1.29, 1.82) is 0 Å². The molecule has 0 spiro atoms. The molecule has 25 heavy (non-hydrogen) atoms. The van der Waals surface area contributed by atoms with Gasteiger partial charge in [-0.25, -0.2) is 8.78 Å². The maximum Gasteiger partial charge on any atom is 0.246 e. The Hall–Kier alpha value is -2.14. The summed E-state index contributed by atoms with van der Waals surface area (Å²) in [6.07, 6.45) is 3.98. The summed E-state index contributed by atoms with van der Waals surface area (Å²) in [6, 6.07) is 13.2. The third-order valence-electron chi connectivity index (χ3n) is 4.18. The zero-order valence-corrected chi connectivity index (χ0v) is 14.5. The van der Waals surface area contributed by atoms with Crippen molar-refractivity contribution < 1.29 is 13.6 Å². The molecule has 1 atom stereocenters. The average Bonchev–Trinajstić information content (AvgIpc) is 2.89. The molecule has 1 aliphatic rings. The normalized spacial score (nSPS) is 18.3. The molecule has 0 saturated carbocycles. The highest BCUT2D eigenvalue weighted by atomic mass is 32.2. The maximum atomic E-state index is 14.0. The summed E-state index contributed by atoms with van der Waals surface area (Å²) in [4.78, 5) is 14.2. The van der Waals surface area contributed by atoms with Crippen LogP contribution in [0.1, 0.15) is 22.8 Å². The number of halogens is 2. The van der Waals surface area contributed by atoms with Crippen molar-refractivity contribution in [2.24, 2.45) is 0 Å². The molecular formula is C20H19F2NOS. The van der Waals surface area contributed by atoms with Crippen LogP contribution in [0.4, 0.5) is 8.78 Å². The number of benzene rings is 2. The number of carbonyl (C=O) groups is 1. The van der Waals surface area contributed by atoms with E-state index < -0.39 is 5.82 Å². The molecule has 1 fully saturated rings. The van der Waals surface area contributed by atoms with E-state index in [2.05, 4.69) is 0 Å². The first-order chi connectivity index (χ1) is 12.1. The molecule has 2 aromatic rings. The molecule has 3 rings (SSSR count). The van der Waals surface area contributed by atoms with Gasteiger partial charge in [-0.05, 0) is 36.3 Å². The van der Waals surface area contributed by atoms with Gasteiger partial charge < -0.3 is 4.90 Å². The van der Waals surface area contributed by atoms with Gasteiger partial charge in [0.25, 0.3) is 0 Å². The molecule has 0 N–H and O–H groups in total. The summed E-state index contributed by atoms with van der Waals surface area (Å²) in [6.45, 7) is 1.14. The molecule has 0 aliphatic carbocycles. The number of hydrogen-bond acceptors (Lipinski definition) is 2. The first-order valence-electron chi connectivity index (χ1n) is 8.22. The van der Waals surface area contributed by atoms with Gasteiger partial charge in [-0.15, -0.1) is 0 Å². The molecule has 1 amide bonds. The zero-order valence-electron chi connectivity index (χ0n) is 13.7. The van der Waals surface area contributed by atoms with E-state index in [1.54, 1.807) is 28.8 Å². The van der Waals surface area contributed by atoms with Crippen molar-refractivity contribution in [2.45, 2.75) is 11.7 Å². The lowest BCUT2D eigenvalue weighted by Crippen LogP contribution is -2.31. The number of nitrogens with zero attached hydrogens (tertiary/aromatic N) is 1. The van der Waals surface area contributed by atoms with Crippen LogP contribution in [-0.4, -0.2) is 29.6 Å². The summed E-state index contributed by atoms with van der Waals surface area (Å²) in [5.74, 6) is -0.168. The number of hydrogen-bond donors (Lipinski definition) is 0. The van der Waals surface area contributed by atoms with E-state index >= 15 is 0 Å². The summed E-state index contributed by atoms with van der Waals surface area (Å²) in [5.41, 5.74) is 1.36. The Morgan fingerprint density at radius 1 is 1.12 bits per heavy atom. The Morgan fingerprint density at radius 2 is 1.92 bits per heavy atom. The van der Waals surface area contributed by atoms with Crippen LogP contribution >= 0.6 is 11.8 Å². The number of carbonyl (C=O) groups excluding carboxylic acids is 1. The number of amides is 1. The zero-order chi connectivity index (χ0) is 17.6. The van der Waals surface area contributed by atoms with Crippen molar-refractivity contribution in [2.75, 3.05) is 18.8 Å². The quantitative estimate of drug-likeness (QED) is 0.742. The maximum absolute atomic E-state index is 14.0. The highest BCUT2D eigenvalue weighted by Gasteiger charge is 2.23. The number of thioether (sulfide) groups is 1. The van der Waals surface area contributed by atoms with E-state index in [0.29, 0.717) is 30.8 Å². The van der Waals surface area contributed by atoms with Gasteiger partial charge in [0.05, 0.1) is 0 Å². The molecular weight excluding hydrogens is 340 g/mol. The van der Waals surface area contributed by atoms with Gasteiger partial charge in [-0.2, -0.15) is 11.8 Å². The third kappa shape index (κ3) is 4.69. The summed E-state index contributed by atoms with van der Waals surface area (Å²) in [5, 5.41) is -0.133. The lowest BCUT2D eigenvalue weighted by molar-refractivity contribution is -0.125. The van der Waals surface area contributed by atoms with Crippen molar-refractivity contribution >= 4 is 23.7 Å². The summed E-state index contributed by atoms with van der Waals surface area (Å²) in [7, 11) is 0. The Balaban J connectivity index is 1.64. The SMILES string of the molecule is O=C(/C=C/c1ccccc1)N1CCS[C@H](c2cc(F)ccc2F)CC1. The van der Waals surface area contributed by atoms with Crippen LogP contribution in [0.3, 0.4) is 0 Å². The van der Waals surface area contributed by atoms with Gasteiger partial charge in [-0.1, -0.05) is 30.3 Å². The average molecular weight is 359 g/mol. The van der Waals surface area contributed by atoms with E-state index in [0.717, 1.165) is 11.6 Å². The third-order valence-corrected chi connectivity index (χ3v) is 5.49. The first-order valence-corrected chi connectivity index (χ1v) is 9.27. The highest BCUT2D eigenvalue weighted by Crippen LogP contribution is 2.36. The number of rotatable bonds is 3. The van der Waals surface area contributed by atoms with E-state index in [1.165, 1.54) is 12.1 Å². The minimum absolute atomic E-state index is 0.0511. The Kier molecular flexibility index (Phi) is 5.87. The minimum Gasteiger partial charge on any atom is -0.338 e. The van der Waals surface area contributed by atoms with Gasteiger partial charge in [0.15, 0.2) is 0 Å². The smallest absolute Gasteiger partial charge is 0.246 e. The Bertz CT molecular complexity index is 764. The molecule has 1 aliphatic heterocycles. The van der Waals surface area contributed by atoms with Crippen LogP contribution in [-0.2, 0) is 4.79 Å². The van der Waals surface area contributed by atoms with Gasteiger partial charge in [-0.3, -0.25) is 4.79 Å². The minimum atomic E-state index is -0.431. The largest absolute Gasteiger partial charge is 0.338 e. The predicted octanol–water partition coefficient (Wildman–Crippen LogP) is 4.68. The van der Waals surface area contributed by atoms with E-state index in [9.17, 15) is 13.6 Å². The topological polar surface area (TPSA) is 20.3 Å². The van der Waals surface area contributed by atoms with E-state index in [1.807, 2.05) is 30.3 Å². The molecule has 0 bridgehead atoms. The van der Waals surface area contributed by atoms with Gasteiger partial charge >= 0.3 is 0 Å². The second kappa shape index (κ2) is 8.30. The monoisotopic (exact) mass is 359 g/mol. The molecule has 2 nitrogen and oxygen atoms in total. The summed E-state index contributed by atoms with van der Waals surface area (Å²) >= 11 is 1.57. The van der Waals surface area contributed by atoms with Gasteiger partial charge in [0.1, 0.15) is 11.6 Å². The second-order valence-corrected chi connectivity index (χ2v) is 7.19. The van der Waals surface area contributed by atoms with Crippen molar-refractivity contribution in [1.82, 2.24) is 4.90 Å². The van der Waals surface area contributed by atoms with Crippen LogP contribution in [0.25, 0.3) is 6.08 Å². The van der Waals surface area contributed by atoms with Crippen LogP contribution in [0.2, 0.25) is 0 Å². The fourth-order valence-corrected chi connectivity index (χ4v) is 4.08. The lowest BCUT2D eigenvalue weighted by atomic mass is 10.1. The van der Waals surface area contributed by atoms with Crippen LogP contribution < -0.4 is 0 Å². The molecule has 1 saturated heterocycles. The molecule has 130 valence electrons. The summed E-state index contributed by atoms with van der Waals surface area (Å²) < 4.78 is 27.4. The fourth-order valence-electron chi connectivity index (χ4n) is 2.84. The van der Waals surface area contributed by atoms with Crippen LogP contribution in [0.5, 0.6) is 0 Å². The van der Waals surface area contributed by atoms with Crippen molar-refractivity contribution in [3.8, 4) is 0 Å². The molecule has 2 aromatic carbocycles. The van der Waals surface area contributed by atoms with Gasteiger partial charge in [0.2, 0.25) is 5.91 Å². The van der Waals surface area contributed by atoms with Crippen LogP contribution in [0.15, 0.2) is 54.6 Å².